The molecule has 2 atom stereocenters. The summed E-state index contributed by atoms with van der Waals surface area (Å²) in [5.74, 6) is 2.67. The second-order valence-electron chi connectivity index (χ2n) is 3.20. The highest BCUT2D eigenvalue weighted by molar-refractivity contribution is 5.00. The molecular formula is C9H13NO. The van der Waals surface area contributed by atoms with Crippen molar-refractivity contribution < 1.29 is 4.74 Å². The Kier molecular flexibility index (Phi) is 1.85. The summed E-state index contributed by atoms with van der Waals surface area (Å²) < 4.78 is 5.47. The SMILES string of the molecule is C#CCCN1CCOC2CC21. The van der Waals surface area contributed by atoms with E-state index in [4.69, 9.17) is 11.2 Å². The van der Waals surface area contributed by atoms with Gasteiger partial charge < -0.3 is 4.74 Å². The largest absolute Gasteiger partial charge is 0.375 e. The summed E-state index contributed by atoms with van der Waals surface area (Å²) in [6.45, 7) is 3.02. The molecule has 2 rings (SSSR count). The molecule has 0 amide bonds. The Morgan fingerprint density at radius 1 is 1.64 bits per heavy atom. The maximum atomic E-state index is 5.47. The fourth-order valence-corrected chi connectivity index (χ4v) is 1.70. The van der Waals surface area contributed by atoms with Crippen LogP contribution in [0.15, 0.2) is 0 Å². The fourth-order valence-electron chi connectivity index (χ4n) is 1.70. The standard InChI is InChI=1S/C9H13NO/c1-2-3-4-10-5-6-11-9-7-8(9)10/h1,8-9H,3-7H2. The molecule has 2 unspecified atom stereocenters. The van der Waals surface area contributed by atoms with Crippen molar-refractivity contribution in [3.8, 4) is 12.3 Å². The maximum absolute atomic E-state index is 5.47. The lowest BCUT2D eigenvalue weighted by atomic mass is 10.3. The first-order chi connectivity index (χ1) is 5.42. The zero-order valence-electron chi connectivity index (χ0n) is 6.62. The third-order valence-corrected chi connectivity index (χ3v) is 2.42. The first kappa shape index (κ1) is 7.15. The van der Waals surface area contributed by atoms with Crippen LogP contribution in [0.4, 0.5) is 0 Å². The number of morpholine rings is 1. The molecule has 0 radical (unpaired) electrons. The molecule has 2 heteroatoms. The predicted octanol–water partition coefficient (Wildman–Crippen LogP) is 0.483. The lowest BCUT2D eigenvalue weighted by Gasteiger charge is -2.25. The van der Waals surface area contributed by atoms with Gasteiger partial charge in [-0.05, 0) is 6.42 Å². The Morgan fingerprint density at radius 3 is 3.36 bits per heavy atom. The normalized spacial score (nSPS) is 35.9. The van der Waals surface area contributed by atoms with Crippen LogP contribution in [-0.4, -0.2) is 36.7 Å². The van der Waals surface area contributed by atoms with Crippen LogP contribution in [0.2, 0.25) is 0 Å². The van der Waals surface area contributed by atoms with Crippen molar-refractivity contribution in [2.75, 3.05) is 19.7 Å². The molecule has 2 nitrogen and oxygen atoms in total. The van der Waals surface area contributed by atoms with E-state index in [9.17, 15) is 0 Å². The minimum absolute atomic E-state index is 0.543. The fraction of sp³-hybridized carbons (Fsp3) is 0.778. The summed E-state index contributed by atoms with van der Waals surface area (Å²) in [5, 5.41) is 0. The average Bonchev–Trinajstić information content (AvgIpc) is 2.79. The van der Waals surface area contributed by atoms with Gasteiger partial charge in [0.2, 0.25) is 0 Å². The van der Waals surface area contributed by atoms with Gasteiger partial charge in [-0.2, -0.15) is 0 Å². The van der Waals surface area contributed by atoms with Crippen LogP contribution in [0.1, 0.15) is 12.8 Å². The summed E-state index contributed by atoms with van der Waals surface area (Å²) >= 11 is 0. The second-order valence-corrected chi connectivity index (χ2v) is 3.20. The lowest BCUT2D eigenvalue weighted by molar-refractivity contribution is 0.0322. The molecule has 1 aliphatic carbocycles. The van der Waals surface area contributed by atoms with Crippen LogP contribution >= 0.6 is 0 Å². The van der Waals surface area contributed by atoms with Gasteiger partial charge in [0.05, 0.1) is 12.7 Å². The molecule has 2 fully saturated rings. The van der Waals surface area contributed by atoms with Gasteiger partial charge in [-0.1, -0.05) is 0 Å². The summed E-state index contributed by atoms with van der Waals surface area (Å²) in [6, 6.07) is 0.706. The van der Waals surface area contributed by atoms with Crippen LogP contribution < -0.4 is 0 Å². The van der Waals surface area contributed by atoms with Gasteiger partial charge in [0.15, 0.2) is 0 Å². The topological polar surface area (TPSA) is 12.5 Å². The number of ether oxygens (including phenoxy) is 1. The molecule has 11 heavy (non-hydrogen) atoms. The molecule has 0 aromatic heterocycles. The second kappa shape index (κ2) is 2.84. The number of nitrogens with zero attached hydrogens (tertiary/aromatic N) is 1. The molecule has 1 saturated heterocycles. The Morgan fingerprint density at radius 2 is 2.55 bits per heavy atom. The number of hydrogen-bond acceptors (Lipinski definition) is 2. The molecule has 0 spiro atoms. The van der Waals surface area contributed by atoms with Crippen molar-refractivity contribution in [3.63, 3.8) is 0 Å². The Balaban J connectivity index is 1.80. The quantitative estimate of drug-likeness (QED) is 0.532. The van der Waals surface area contributed by atoms with E-state index in [2.05, 4.69) is 10.8 Å². The van der Waals surface area contributed by atoms with Crippen LogP contribution in [-0.2, 0) is 4.74 Å². The summed E-state index contributed by atoms with van der Waals surface area (Å²) in [7, 11) is 0. The monoisotopic (exact) mass is 151 g/mol. The molecule has 1 heterocycles. The van der Waals surface area contributed by atoms with E-state index in [1.54, 1.807) is 0 Å². The number of rotatable bonds is 2. The van der Waals surface area contributed by atoms with E-state index in [0.717, 1.165) is 26.1 Å². The number of fused-ring (bicyclic) bond motifs is 1. The third kappa shape index (κ3) is 1.40. The van der Waals surface area contributed by atoms with E-state index >= 15 is 0 Å². The highest BCUT2D eigenvalue weighted by Gasteiger charge is 2.45. The smallest absolute Gasteiger partial charge is 0.0747 e. The molecule has 0 aromatic carbocycles. The molecule has 0 N–H and O–H groups in total. The average molecular weight is 151 g/mol. The van der Waals surface area contributed by atoms with Crippen LogP contribution in [0, 0.1) is 12.3 Å². The molecule has 2 aliphatic rings. The van der Waals surface area contributed by atoms with E-state index < -0.39 is 0 Å². The van der Waals surface area contributed by atoms with Gasteiger partial charge in [-0.25, -0.2) is 0 Å². The van der Waals surface area contributed by atoms with Crippen molar-refractivity contribution in [1.29, 1.82) is 0 Å². The third-order valence-electron chi connectivity index (χ3n) is 2.42. The summed E-state index contributed by atoms with van der Waals surface area (Å²) in [4.78, 5) is 2.45. The zero-order valence-corrected chi connectivity index (χ0v) is 6.62. The van der Waals surface area contributed by atoms with E-state index in [1.165, 1.54) is 6.42 Å². The molecule has 60 valence electrons. The van der Waals surface area contributed by atoms with Crippen molar-refractivity contribution in [2.45, 2.75) is 25.0 Å². The van der Waals surface area contributed by atoms with Crippen molar-refractivity contribution in [3.05, 3.63) is 0 Å². The van der Waals surface area contributed by atoms with E-state index in [-0.39, 0.29) is 0 Å². The highest BCUT2D eigenvalue weighted by atomic mass is 16.5. The Hall–Kier alpha value is -0.520. The van der Waals surface area contributed by atoms with Crippen molar-refractivity contribution in [2.24, 2.45) is 0 Å². The molecular weight excluding hydrogens is 138 g/mol. The van der Waals surface area contributed by atoms with Crippen molar-refractivity contribution in [1.82, 2.24) is 4.90 Å². The maximum Gasteiger partial charge on any atom is 0.0747 e. The molecule has 0 aromatic rings. The Bertz CT molecular complexity index is 184. The van der Waals surface area contributed by atoms with Crippen LogP contribution in [0.3, 0.4) is 0 Å². The minimum Gasteiger partial charge on any atom is -0.375 e. The van der Waals surface area contributed by atoms with E-state index in [1.807, 2.05) is 0 Å². The minimum atomic E-state index is 0.543. The zero-order chi connectivity index (χ0) is 7.68. The first-order valence-corrected chi connectivity index (χ1v) is 4.21. The molecule has 1 saturated carbocycles. The predicted molar refractivity (Wildman–Crippen MR) is 43.2 cm³/mol. The molecule has 0 bridgehead atoms. The lowest BCUT2D eigenvalue weighted by Crippen LogP contribution is -2.37. The Labute approximate surface area is 67.5 Å². The van der Waals surface area contributed by atoms with Gasteiger partial charge in [0.25, 0.3) is 0 Å². The van der Waals surface area contributed by atoms with Crippen LogP contribution in [0.5, 0.6) is 0 Å². The first-order valence-electron chi connectivity index (χ1n) is 4.21. The van der Waals surface area contributed by atoms with Gasteiger partial charge in [-0.15, -0.1) is 12.3 Å². The van der Waals surface area contributed by atoms with Gasteiger partial charge in [-0.3, -0.25) is 4.90 Å². The van der Waals surface area contributed by atoms with Crippen LogP contribution in [0.25, 0.3) is 0 Å². The highest BCUT2D eigenvalue weighted by Crippen LogP contribution is 2.34. The molecule has 1 aliphatic heterocycles. The van der Waals surface area contributed by atoms with Crippen molar-refractivity contribution >= 4 is 0 Å². The van der Waals surface area contributed by atoms with E-state index in [0.29, 0.717) is 12.1 Å². The summed E-state index contributed by atoms with van der Waals surface area (Å²) in [5.41, 5.74) is 0. The van der Waals surface area contributed by atoms with Gasteiger partial charge in [0.1, 0.15) is 0 Å². The number of hydrogen-bond donors (Lipinski definition) is 0. The van der Waals surface area contributed by atoms with Gasteiger partial charge >= 0.3 is 0 Å². The number of terminal acetylenes is 1. The summed E-state index contributed by atoms with van der Waals surface area (Å²) in [6.07, 6.45) is 7.84. The van der Waals surface area contributed by atoms with Gasteiger partial charge in [0, 0.05) is 25.6 Å².